The molecule has 3 heterocycles. The summed E-state index contributed by atoms with van der Waals surface area (Å²) in [7, 11) is 0. The molecule has 186 valence electrons. The highest BCUT2D eigenvalue weighted by Gasteiger charge is 2.21. The first-order valence-electron chi connectivity index (χ1n) is 12.3. The molecule has 0 radical (unpaired) electrons. The van der Waals surface area contributed by atoms with Crippen molar-refractivity contribution in [3.05, 3.63) is 65.7 Å². The molecule has 0 bridgehead atoms. The predicted octanol–water partition coefficient (Wildman–Crippen LogP) is 3.40. The summed E-state index contributed by atoms with van der Waals surface area (Å²) in [4.78, 5) is 30.7. The van der Waals surface area contributed by atoms with Crippen LogP contribution in [0.15, 0.2) is 59.7 Å². The number of hydrazone groups is 1. The van der Waals surface area contributed by atoms with Gasteiger partial charge < -0.3 is 19.9 Å². The van der Waals surface area contributed by atoms with Gasteiger partial charge in [-0.3, -0.25) is 4.79 Å². The van der Waals surface area contributed by atoms with E-state index in [1.165, 1.54) is 0 Å². The second-order valence-electron chi connectivity index (χ2n) is 8.76. The molecule has 0 saturated carbocycles. The molecule has 2 aromatic carbocycles. The Morgan fingerprint density at radius 1 is 0.833 bits per heavy atom. The first-order chi connectivity index (χ1) is 17.7. The van der Waals surface area contributed by atoms with E-state index < -0.39 is 0 Å². The molecule has 0 aliphatic carbocycles. The number of hydrogen-bond acceptors (Lipinski definition) is 9. The molecule has 36 heavy (non-hydrogen) atoms. The topological polar surface area (TPSA) is 108 Å². The SMILES string of the molecule is C/C(=N/Nc1nc(N2CCCC2)nc(N2CCOCC2)n1)c1ccc(NC(=O)c2ccccc2)cc1. The van der Waals surface area contributed by atoms with Gasteiger partial charge in [-0.1, -0.05) is 30.3 Å². The van der Waals surface area contributed by atoms with Crippen LogP contribution in [0.3, 0.4) is 0 Å². The van der Waals surface area contributed by atoms with Crippen molar-refractivity contribution in [3.8, 4) is 0 Å². The lowest BCUT2D eigenvalue weighted by Crippen LogP contribution is -2.38. The van der Waals surface area contributed by atoms with Gasteiger partial charge in [0.15, 0.2) is 0 Å². The van der Waals surface area contributed by atoms with Crippen LogP contribution in [0.5, 0.6) is 0 Å². The van der Waals surface area contributed by atoms with Crippen molar-refractivity contribution >= 4 is 35.2 Å². The van der Waals surface area contributed by atoms with Crippen LogP contribution in [0, 0.1) is 0 Å². The number of benzene rings is 2. The fourth-order valence-electron chi connectivity index (χ4n) is 4.15. The molecule has 2 fully saturated rings. The number of carbonyl (C=O) groups excluding carboxylic acids is 1. The number of nitrogens with one attached hydrogen (secondary N) is 2. The van der Waals surface area contributed by atoms with Crippen molar-refractivity contribution in [2.45, 2.75) is 19.8 Å². The molecule has 3 aromatic rings. The maximum absolute atomic E-state index is 12.4. The molecule has 10 nitrogen and oxygen atoms in total. The fraction of sp³-hybridized carbons (Fsp3) is 0.346. The summed E-state index contributed by atoms with van der Waals surface area (Å²) in [5, 5.41) is 7.43. The van der Waals surface area contributed by atoms with Crippen LogP contribution in [0.2, 0.25) is 0 Å². The van der Waals surface area contributed by atoms with E-state index in [1.54, 1.807) is 12.1 Å². The molecule has 10 heteroatoms. The number of hydrogen-bond donors (Lipinski definition) is 2. The smallest absolute Gasteiger partial charge is 0.255 e. The second kappa shape index (κ2) is 11.1. The Labute approximate surface area is 210 Å². The fourth-order valence-corrected chi connectivity index (χ4v) is 4.15. The Bertz CT molecular complexity index is 1200. The summed E-state index contributed by atoms with van der Waals surface area (Å²) < 4.78 is 5.48. The largest absolute Gasteiger partial charge is 0.378 e. The molecule has 1 aromatic heterocycles. The van der Waals surface area contributed by atoms with Gasteiger partial charge in [-0.25, -0.2) is 5.43 Å². The number of ether oxygens (including phenoxy) is 1. The van der Waals surface area contributed by atoms with Crippen molar-refractivity contribution < 1.29 is 9.53 Å². The number of anilines is 4. The van der Waals surface area contributed by atoms with Gasteiger partial charge in [0.2, 0.25) is 17.8 Å². The highest BCUT2D eigenvalue weighted by atomic mass is 16.5. The number of carbonyl (C=O) groups is 1. The van der Waals surface area contributed by atoms with Gasteiger partial charge in [0, 0.05) is 37.4 Å². The lowest BCUT2D eigenvalue weighted by atomic mass is 10.1. The average molecular weight is 487 g/mol. The minimum Gasteiger partial charge on any atom is -0.378 e. The van der Waals surface area contributed by atoms with Crippen molar-refractivity contribution in [2.75, 3.05) is 59.9 Å². The molecule has 1 amide bonds. The average Bonchev–Trinajstić information content (AvgIpc) is 3.48. The van der Waals surface area contributed by atoms with Crippen molar-refractivity contribution in [1.82, 2.24) is 15.0 Å². The van der Waals surface area contributed by atoms with Crippen LogP contribution in [0.4, 0.5) is 23.5 Å². The zero-order valence-corrected chi connectivity index (χ0v) is 20.4. The molecule has 0 atom stereocenters. The number of aromatic nitrogens is 3. The van der Waals surface area contributed by atoms with Crippen molar-refractivity contribution in [2.24, 2.45) is 5.10 Å². The molecular weight excluding hydrogens is 456 g/mol. The third kappa shape index (κ3) is 5.77. The van der Waals surface area contributed by atoms with Gasteiger partial charge in [0.25, 0.3) is 5.91 Å². The van der Waals surface area contributed by atoms with E-state index in [2.05, 4.69) is 35.6 Å². The van der Waals surface area contributed by atoms with Crippen LogP contribution in [-0.4, -0.2) is 66.0 Å². The van der Waals surface area contributed by atoms with E-state index in [1.807, 2.05) is 49.4 Å². The first-order valence-corrected chi connectivity index (χ1v) is 12.3. The zero-order chi connectivity index (χ0) is 24.7. The van der Waals surface area contributed by atoms with Gasteiger partial charge in [0.1, 0.15) is 0 Å². The summed E-state index contributed by atoms with van der Waals surface area (Å²) in [6.45, 7) is 6.62. The van der Waals surface area contributed by atoms with E-state index in [0.29, 0.717) is 36.6 Å². The molecular formula is C26H30N8O2. The highest BCUT2D eigenvalue weighted by Crippen LogP contribution is 2.21. The summed E-state index contributed by atoms with van der Waals surface area (Å²) in [6, 6.07) is 16.7. The standard InChI is InChI=1S/C26H30N8O2/c1-19(20-9-11-22(12-10-20)27-23(35)21-7-3-2-4-8-21)31-32-24-28-25(33-13-5-6-14-33)30-26(29-24)34-15-17-36-18-16-34/h2-4,7-12H,5-6,13-18H2,1H3,(H,27,35)(H,28,29,30,32)/b31-19-. The Morgan fingerprint density at radius 2 is 1.47 bits per heavy atom. The van der Waals surface area contributed by atoms with Gasteiger partial charge in [-0.05, 0) is 49.6 Å². The second-order valence-corrected chi connectivity index (χ2v) is 8.76. The first kappa shape index (κ1) is 23.7. The molecule has 2 aliphatic rings. The number of rotatable bonds is 7. The van der Waals surface area contributed by atoms with Gasteiger partial charge in [-0.15, -0.1) is 0 Å². The number of nitrogens with zero attached hydrogens (tertiary/aromatic N) is 6. The summed E-state index contributed by atoms with van der Waals surface area (Å²) >= 11 is 0. The van der Waals surface area contributed by atoms with Gasteiger partial charge in [-0.2, -0.15) is 20.1 Å². The molecule has 5 rings (SSSR count). The van der Waals surface area contributed by atoms with E-state index >= 15 is 0 Å². The number of amides is 1. The Balaban J connectivity index is 1.29. The number of morpholine rings is 1. The summed E-state index contributed by atoms with van der Waals surface area (Å²) in [5.41, 5.74) is 6.05. The minimum absolute atomic E-state index is 0.143. The predicted molar refractivity (Wildman–Crippen MR) is 141 cm³/mol. The molecule has 2 N–H and O–H groups in total. The van der Waals surface area contributed by atoms with E-state index in [-0.39, 0.29) is 5.91 Å². The molecule has 2 saturated heterocycles. The Kier molecular flexibility index (Phi) is 7.32. The minimum atomic E-state index is -0.143. The van der Waals surface area contributed by atoms with Gasteiger partial charge >= 0.3 is 0 Å². The Hall–Kier alpha value is -4.05. The normalized spacial score (nSPS) is 16.2. The lowest BCUT2D eigenvalue weighted by Gasteiger charge is -2.27. The molecule has 0 unspecified atom stereocenters. The maximum Gasteiger partial charge on any atom is 0.255 e. The summed E-state index contributed by atoms with van der Waals surface area (Å²) in [5.74, 6) is 1.59. The quantitative estimate of drug-likeness (QED) is 0.387. The highest BCUT2D eigenvalue weighted by molar-refractivity contribution is 6.04. The summed E-state index contributed by atoms with van der Waals surface area (Å²) in [6.07, 6.45) is 2.28. The Morgan fingerprint density at radius 3 is 2.14 bits per heavy atom. The van der Waals surface area contributed by atoms with E-state index in [4.69, 9.17) is 9.72 Å². The third-order valence-electron chi connectivity index (χ3n) is 6.21. The van der Waals surface area contributed by atoms with Crippen LogP contribution in [-0.2, 0) is 4.74 Å². The van der Waals surface area contributed by atoms with Crippen LogP contribution < -0.4 is 20.5 Å². The third-order valence-corrected chi connectivity index (χ3v) is 6.21. The molecule has 2 aliphatic heterocycles. The van der Waals surface area contributed by atoms with Crippen molar-refractivity contribution in [1.29, 1.82) is 0 Å². The van der Waals surface area contributed by atoms with Crippen molar-refractivity contribution in [3.63, 3.8) is 0 Å². The van der Waals surface area contributed by atoms with Crippen LogP contribution >= 0.6 is 0 Å². The zero-order valence-electron chi connectivity index (χ0n) is 20.4. The van der Waals surface area contributed by atoms with Crippen LogP contribution in [0.25, 0.3) is 0 Å². The maximum atomic E-state index is 12.4. The van der Waals surface area contributed by atoms with E-state index in [9.17, 15) is 4.79 Å². The monoisotopic (exact) mass is 486 g/mol. The molecule has 0 spiro atoms. The lowest BCUT2D eigenvalue weighted by molar-refractivity contribution is 0.102. The van der Waals surface area contributed by atoms with E-state index in [0.717, 1.165) is 56.0 Å². The van der Waals surface area contributed by atoms with Crippen LogP contribution in [0.1, 0.15) is 35.7 Å². The van der Waals surface area contributed by atoms with Gasteiger partial charge in [0.05, 0.1) is 18.9 Å².